The van der Waals surface area contributed by atoms with Crippen molar-refractivity contribution in [2.45, 2.75) is 48.6 Å². The first kappa shape index (κ1) is 22.1. The van der Waals surface area contributed by atoms with Crippen LogP contribution in [-0.2, 0) is 0 Å². The molecule has 0 aliphatic carbocycles. The minimum absolute atomic E-state index is 0.0433. The van der Waals surface area contributed by atoms with E-state index in [4.69, 9.17) is 16.6 Å². The van der Waals surface area contributed by atoms with Gasteiger partial charge in [-0.15, -0.1) is 0 Å². The number of amides is 1. The van der Waals surface area contributed by atoms with Crippen LogP contribution in [0.15, 0.2) is 64.5 Å². The van der Waals surface area contributed by atoms with Gasteiger partial charge in [0.15, 0.2) is 0 Å². The molecule has 1 saturated heterocycles. The Morgan fingerprint density at radius 1 is 1.19 bits per heavy atom. The van der Waals surface area contributed by atoms with Crippen LogP contribution in [0.5, 0.6) is 0 Å². The van der Waals surface area contributed by atoms with Crippen LogP contribution in [0.25, 0.3) is 10.9 Å². The first-order chi connectivity index (χ1) is 15.1. The molecule has 1 aliphatic heterocycles. The predicted octanol–water partition coefficient (Wildman–Crippen LogP) is 6.03. The maximum Gasteiger partial charge on any atom is 0.252 e. The Morgan fingerprint density at radius 2 is 2.06 bits per heavy atom. The minimum Gasteiger partial charge on any atom is -0.352 e. The fourth-order valence-electron chi connectivity index (χ4n) is 4.11. The molecule has 31 heavy (non-hydrogen) atoms. The number of nitrogens with zero attached hydrogens (tertiary/aromatic N) is 2. The molecule has 1 atom stereocenters. The third-order valence-corrected chi connectivity index (χ3v) is 6.95. The van der Waals surface area contributed by atoms with Gasteiger partial charge < -0.3 is 10.2 Å². The molecule has 1 amide bonds. The lowest BCUT2D eigenvalue weighted by Crippen LogP contribution is -2.39. The van der Waals surface area contributed by atoms with E-state index >= 15 is 0 Å². The summed E-state index contributed by atoms with van der Waals surface area (Å²) in [6, 6.07) is 18.0. The molecular formula is C25H28ClN3OS. The number of nitrogens with one attached hydrogen (secondary N) is 1. The molecule has 2 aromatic carbocycles. The number of benzene rings is 2. The van der Waals surface area contributed by atoms with Crippen molar-refractivity contribution in [1.82, 2.24) is 15.2 Å². The highest BCUT2D eigenvalue weighted by molar-refractivity contribution is 7.99. The molecule has 6 heteroatoms. The van der Waals surface area contributed by atoms with Gasteiger partial charge in [0.25, 0.3) is 5.91 Å². The number of halogens is 1. The van der Waals surface area contributed by atoms with E-state index in [1.807, 2.05) is 54.6 Å². The summed E-state index contributed by atoms with van der Waals surface area (Å²) in [7, 11) is 0. The van der Waals surface area contributed by atoms with Gasteiger partial charge in [-0.25, -0.2) is 4.98 Å². The molecule has 162 valence electrons. The molecule has 0 unspecified atom stereocenters. The summed E-state index contributed by atoms with van der Waals surface area (Å²) in [5.41, 5.74) is 1.49. The smallest absolute Gasteiger partial charge is 0.252 e. The average molecular weight is 454 g/mol. The summed E-state index contributed by atoms with van der Waals surface area (Å²) in [5, 5.41) is 5.47. The Balaban J connectivity index is 1.45. The highest BCUT2D eigenvalue weighted by Gasteiger charge is 2.18. The number of carbonyl (C=O) groups is 1. The highest BCUT2D eigenvalue weighted by Crippen LogP contribution is 2.31. The summed E-state index contributed by atoms with van der Waals surface area (Å²) in [5.74, 6) is -0.0433. The molecule has 4 nitrogen and oxygen atoms in total. The second-order valence-corrected chi connectivity index (χ2v) is 9.61. The monoisotopic (exact) mass is 453 g/mol. The van der Waals surface area contributed by atoms with Gasteiger partial charge in [-0.3, -0.25) is 4.79 Å². The molecule has 1 aliphatic rings. The number of likely N-dealkylation sites (tertiary alicyclic amines) is 1. The Bertz CT molecular complexity index is 1060. The zero-order chi connectivity index (χ0) is 21.6. The van der Waals surface area contributed by atoms with Gasteiger partial charge >= 0.3 is 0 Å². The maximum absolute atomic E-state index is 13.1. The van der Waals surface area contributed by atoms with Crippen LogP contribution in [0.1, 0.15) is 43.0 Å². The fourth-order valence-corrected chi connectivity index (χ4v) is 5.26. The lowest BCUT2D eigenvalue weighted by atomic mass is 10.0. The number of carbonyl (C=O) groups excluding carboxylic acids is 1. The van der Waals surface area contributed by atoms with Crippen LogP contribution >= 0.6 is 23.4 Å². The summed E-state index contributed by atoms with van der Waals surface area (Å²) in [6.45, 7) is 5.19. The van der Waals surface area contributed by atoms with Crippen molar-refractivity contribution < 1.29 is 4.79 Å². The van der Waals surface area contributed by atoms with Crippen molar-refractivity contribution in [2.75, 3.05) is 19.6 Å². The van der Waals surface area contributed by atoms with Gasteiger partial charge in [0, 0.05) is 34.4 Å². The van der Waals surface area contributed by atoms with Crippen molar-refractivity contribution in [2.24, 2.45) is 0 Å². The maximum atomic E-state index is 13.1. The van der Waals surface area contributed by atoms with Crippen LogP contribution in [0.2, 0.25) is 5.02 Å². The zero-order valence-corrected chi connectivity index (χ0v) is 19.4. The van der Waals surface area contributed by atoms with E-state index < -0.39 is 0 Å². The second-order valence-electron chi connectivity index (χ2n) is 8.07. The Hall–Kier alpha value is -2.08. The van der Waals surface area contributed by atoms with Crippen LogP contribution in [0.3, 0.4) is 0 Å². The normalized spacial score (nSPS) is 17.0. The van der Waals surface area contributed by atoms with E-state index in [1.54, 1.807) is 0 Å². The van der Waals surface area contributed by atoms with Crippen LogP contribution in [0, 0.1) is 0 Å². The summed E-state index contributed by atoms with van der Waals surface area (Å²) >= 11 is 7.64. The fraction of sp³-hybridized carbons (Fsp3) is 0.360. The number of hydrogen-bond acceptors (Lipinski definition) is 4. The molecule has 1 fully saturated rings. The molecular weight excluding hydrogens is 426 g/mol. The lowest BCUT2D eigenvalue weighted by molar-refractivity contribution is 0.0950. The molecule has 0 saturated carbocycles. The first-order valence-corrected chi connectivity index (χ1v) is 12.1. The van der Waals surface area contributed by atoms with E-state index in [0.29, 0.717) is 23.2 Å². The number of para-hydroxylation sites is 1. The zero-order valence-electron chi connectivity index (χ0n) is 17.8. The number of fused-ring (bicyclic) bond motifs is 1. The molecule has 1 aromatic heterocycles. The quantitative estimate of drug-likeness (QED) is 0.443. The Kier molecular flexibility index (Phi) is 7.49. The summed E-state index contributed by atoms with van der Waals surface area (Å²) in [6.07, 6.45) is 4.86. The summed E-state index contributed by atoms with van der Waals surface area (Å²) in [4.78, 5) is 21.3. The van der Waals surface area contributed by atoms with Gasteiger partial charge in [0.05, 0.1) is 11.1 Å². The van der Waals surface area contributed by atoms with Crippen LogP contribution < -0.4 is 5.32 Å². The third-order valence-electron chi connectivity index (χ3n) is 5.80. The molecule has 0 spiro atoms. The largest absolute Gasteiger partial charge is 0.352 e. The van der Waals surface area contributed by atoms with Gasteiger partial charge in [0.2, 0.25) is 0 Å². The standard InChI is InChI=1S/C25H28ClN3OS/c1-18-8-4-5-14-29(18)15-7-13-27-25(30)22-17-24(28-23-12-3-2-11-21(22)23)31-20-10-6-9-19(26)16-20/h2-3,6,9-12,16-18H,4-5,7-8,13-15H2,1H3,(H,27,30)/t18-/m1/s1. The van der Waals surface area contributed by atoms with Gasteiger partial charge in [-0.1, -0.05) is 54.0 Å². The van der Waals surface area contributed by atoms with Crippen LogP contribution in [-0.4, -0.2) is 41.5 Å². The van der Waals surface area contributed by atoms with Gasteiger partial charge in [-0.05, 0) is 63.1 Å². The molecule has 0 radical (unpaired) electrons. The Morgan fingerprint density at radius 3 is 2.90 bits per heavy atom. The molecule has 1 N–H and O–H groups in total. The van der Waals surface area contributed by atoms with Gasteiger partial charge in [0.1, 0.15) is 5.03 Å². The molecule has 2 heterocycles. The van der Waals surface area contributed by atoms with Crippen LogP contribution in [0.4, 0.5) is 0 Å². The molecule has 3 aromatic rings. The minimum atomic E-state index is -0.0433. The van der Waals surface area contributed by atoms with E-state index in [2.05, 4.69) is 17.1 Å². The van der Waals surface area contributed by atoms with Crippen molar-refractivity contribution in [3.63, 3.8) is 0 Å². The SMILES string of the molecule is C[C@@H]1CCCCN1CCCNC(=O)c1cc(Sc2cccc(Cl)c2)nc2ccccc12. The second kappa shape index (κ2) is 10.5. The number of rotatable bonds is 7. The number of pyridine rings is 1. The third kappa shape index (κ3) is 5.79. The van der Waals surface area contributed by atoms with Crippen molar-refractivity contribution >= 4 is 40.2 Å². The van der Waals surface area contributed by atoms with E-state index in [0.717, 1.165) is 33.8 Å². The van der Waals surface area contributed by atoms with Gasteiger partial charge in [-0.2, -0.15) is 0 Å². The molecule has 4 rings (SSSR count). The first-order valence-electron chi connectivity index (χ1n) is 11.0. The highest BCUT2D eigenvalue weighted by atomic mass is 35.5. The van der Waals surface area contributed by atoms with E-state index in [1.165, 1.54) is 37.6 Å². The van der Waals surface area contributed by atoms with E-state index in [9.17, 15) is 4.79 Å². The number of hydrogen-bond donors (Lipinski definition) is 1. The van der Waals surface area contributed by atoms with E-state index in [-0.39, 0.29) is 5.91 Å². The molecule has 0 bridgehead atoms. The Labute approximate surface area is 193 Å². The van der Waals surface area contributed by atoms with Crippen molar-refractivity contribution in [1.29, 1.82) is 0 Å². The number of aromatic nitrogens is 1. The average Bonchev–Trinajstić information content (AvgIpc) is 2.77. The topological polar surface area (TPSA) is 45.2 Å². The van der Waals surface area contributed by atoms with Crippen molar-refractivity contribution in [3.05, 3.63) is 65.2 Å². The van der Waals surface area contributed by atoms with Crippen molar-refractivity contribution in [3.8, 4) is 0 Å². The summed E-state index contributed by atoms with van der Waals surface area (Å²) < 4.78 is 0. The predicted molar refractivity (Wildman–Crippen MR) is 129 cm³/mol. The lowest BCUT2D eigenvalue weighted by Gasteiger charge is -2.33. The number of piperidine rings is 1.